The number of carboxylic acid groups (broad SMARTS) is 1. The number of carbonyl (C=O) groups is 1. The SMILES string of the molecule is Cc1c(C(=O)O)c(-c2cccc(N3CCN(c4ccc([C@H]5CCN(O)P5(=O)c5ccc(N[C@H](CCN(C)C)CSc6ccccc6)c([N+](=O)[O-])c5)cc4)CC3)c2)c(-c2ccc(Cl)cc2)n1C(C)C. The van der Waals surface area contributed by atoms with Crippen molar-refractivity contribution in [1.82, 2.24) is 14.3 Å². The molecule has 16 heteroatoms. The standard InChI is InChI=1S/C52H59ClN7O6PS/c1-35(2)59-36(3)49(52(61)62)50(51(59)38-14-18-40(53)19-15-38)39-10-9-11-43(32-39)57-30-28-56(29-31-57)42-20-16-37(17-21-42)48-25-27-58(63)67(48,66)44-22-23-46(47(33-44)60(64)65)54-41(24-26-55(4)5)34-68-45-12-7-6-8-13-45/h6-23,32-33,35,41,48,54,63H,24-31,34H2,1-5H3,(H,61,62)/t41-,48-,67?/m1/s1. The van der Waals surface area contributed by atoms with Gasteiger partial charge in [0, 0.05) is 94.5 Å². The van der Waals surface area contributed by atoms with E-state index in [1.54, 1.807) is 23.9 Å². The molecule has 3 N–H and O–H groups in total. The number of aromatic nitrogens is 1. The molecule has 5 aromatic carbocycles. The van der Waals surface area contributed by atoms with Crippen molar-refractivity contribution >= 4 is 64.7 Å². The van der Waals surface area contributed by atoms with Crippen LogP contribution < -0.4 is 20.4 Å². The lowest BCUT2D eigenvalue weighted by molar-refractivity contribution is -0.383. The van der Waals surface area contributed by atoms with Crippen molar-refractivity contribution in [1.29, 1.82) is 0 Å². The molecule has 2 aliphatic rings. The van der Waals surface area contributed by atoms with Gasteiger partial charge in [-0.15, -0.1) is 16.6 Å². The Balaban J connectivity index is 0.980. The second-order valence-electron chi connectivity index (χ2n) is 18.1. The summed E-state index contributed by atoms with van der Waals surface area (Å²) in [6, 6.07) is 38.3. The topological polar surface area (TPSA) is 148 Å². The number of hydroxylamine groups is 1. The minimum atomic E-state index is -3.71. The van der Waals surface area contributed by atoms with Crippen molar-refractivity contribution in [2.24, 2.45) is 0 Å². The predicted octanol–water partition coefficient (Wildman–Crippen LogP) is 11.6. The van der Waals surface area contributed by atoms with E-state index >= 15 is 4.57 Å². The quantitative estimate of drug-likeness (QED) is 0.0346. The van der Waals surface area contributed by atoms with E-state index in [4.69, 9.17) is 11.6 Å². The molecule has 0 spiro atoms. The second-order valence-corrected chi connectivity index (χ2v) is 22.5. The molecule has 1 aromatic heterocycles. The first kappa shape index (κ1) is 48.8. The summed E-state index contributed by atoms with van der Waals surface area (Å²) in [4.78, 5) is 33.8. The van der Waals surface area contributed by atoms with Crippen LogP contribution in [0.1, 0.15) is 60.0 Å². The molecule has 0 amide bonds. The lowest BCUT2D eigenvalue weighted by Gasteiger charge is -2.37. The highest BCUT2D eigenvalue weighted by atomic mass is 35.5. The number of halogens is 1. The molecule has 356 valence electrons. The highest BCUT2D eigenvalue weighted by molar-refractivity contribution is 7.99. The number of benzene rings is 5. The molecule has 0 bridgehead atoms. The number of nitro benzene ring substituents is 1. The van der Waals surface area contributed by atoms with Gasteiger partial charge in [0.1, 0.15) is 5.69 Å². The molecule has 13 nitrogen and oxygen atoms in total. The maximum atomic E-state index is 15.1. The molecule has 3 atom stereocenters. The number of piperazine rings is 1. The zero-order chi connectivity index (χ0) is 48.3. The number of nitro groups is 1. The van der Waals surface area contributed by atoms with Crippen LogP contribution >= 0.6 is 30.7 Å². The van der Waals surface area contributed by atoms with Gasteiger partial charge in [0.25, 0.3) is 5.69 Å². The van der Waals surface area contributed by atoms with Crippen molar-refractivity contribution < 1.29 is 24.6 Å². The summed E-state index contributed by atoms with van der Waals surface area (Å²) in [5.41, 5.74) is 6.68. The Bertz CT molecular complexity index is 2800. The number of carboxylic acids is 1. The fourth-order valence-corrected chi connectivity index (χ4v) is 13.8. The highest BCUT2D eigenvalue weighted by Crippen LogP contribution is 2.66. The second kappa shape index (κ2) is 21.0. The summed E-state index contributed by atoms with van der Waals surface area (Å²) >= 11 is 7.97. The van der Waals surface area contributed by atoms with E-state index in [2.05, 4.69) is 50.6 Å². The van der Waals surface area contributed by atoms with E-state index in [-0.39, 0.29) is 35.2 Å². The number of hydrogen-bond donors (Lipinski definition) is 3. The smallest absolute Gasteiger partial charge is 0.338 e. The predicted molar refractivity (Wildman–Crippen MR) is 277 cm³/mol. The third-order valence-electron chi connectivity index (χ3n) is 13.1. The average molecular weight is 977 g/mol. The van der Waals surface area contributed by atoms with Crippen molar-refractivity contribution in [3.63, 3.8) is 0 Å². The van der Waals surface area contributed by atoms with E-state index in [0.29, 0.717) is 34.1 Å². The Morgan fingerprint density at radius 3 is 2.19 bits per heavy atom. The number of thioether (sulfide) groups is 1. The first-order valence-electron chi connectivity index (χ1n) is 23.0. The first-order valence-corrected chi connectivity index (χ1v) is 26.1. The van der Waals surface area contributed by atoms with Crippen LogP contribution in [0.15, 0.2) is 126 Å². The molecule has 2 fully saturated rings. The Morgan fingerprint density at radius 2 is 1.56 bits per heavy atom. The third-order valence-corrected chi connectivity index (χ3v) is 17.8. The fourth-order valence-electron chi connectivity index (χ4n) is 9.72. The molecule has 2 aliphatic heterocycles. The molecule has 2 saturated heterocycles. The molecular weight excluding hydrogens is 917 g/mol. The first-order chi connectivity index (χ1) is 32.6. The Morgan fingerprint density at radius 1 is 0.882 bits per heavy atom. The number of nitrogens with zero attached hydrogens (tertiary/aromatic N) is 6. The van der Waals surface area contributed by atoms with Crippen molar-refractivity contribution in [2.45, 2.75) is 56.3 Å². The zero-order valence-electron chi connectivity index (χ0n) is 39.1. The van der Waals surface area contributed by atoms with Crippen LogP contribution in [0.2, 0.25) is 5.02 Å². The van der Waals surface area contributed by atoms with Crippen molar-refractivity contribution in [3.05, 3.63) is 153 Å². The van der Waals surface area contributed by atoms with Crippen molar-refractivity contribution in [2.75, 3.05) is 74.2 Å². The van der Waals surface area contributed by atoms with E-state index in [0.717, 1.165) is 82.6 Å². The number of anilines is 3. The van der Waals surface area contributed by atoms with Gasteiger partial charge in [-0.05, 0) is 132 Å². The van der Waals surface area contributed by atoms with Gasteiger partial charge >= 0.3 is 5.97 Å². The number of nitrogens with one attached hydrogen (secondary N) is 1. The van der Waals surface area contributed by atoms with Gasteiger partial charge in [0.05, 0.1) is 21.8 Å². The zero-order valence-corrected chi connectivity index (χ0v) is 41.6. The van der Waals surface area contributed by atoms with Crippen LogP contribution in [0.25, 0.3) is 22.4 Å². The normalized spacial score (nSPS) is 18.1. The monoisotopic (exact) mass is 975 g/mol. The molecule has 3 heterocycles. The van der Waals surface area contributed by atoms with Crippen LogP contribution in [0, 0.1) is 17.0 Å². The van der Waals surface area contributed by atoms with Gasteiger partial charge in [-0.3, -0.25) is 14.7 Å². The summed E-state index contributed by atoms with van der Waals surface area (Å²) < 4.78 is 17.2. The number of hydrogen-bond acceptors (Lipinski definition) is 10. The molecule has 1 unspecified atom stereocenters. The molecule has 0 saturated carbocycles. The van der Waals surface area contributed by atoms with Crippen LogP contribution in [-0.2, 0) is 4.57 Å². The van der Waals surface area contributed by atoms with Gasteiger partial charge < -0.3 is 34.9 Å². The third kappa shape index (κ3) is 10.2. The molecular formula is C52H59ClN7O6PS. The Hall–Kier alpha value is -5.60. The van der Waals surface area contributed by atoms with Crippen molar-refractivity contribution in [3.8, 4) is 22.4 Å². The van der Waals surface area contributed by atoms with E-state index in [1.165, 1.54) is 6.07 Å². The van der Waals surface area contributed by atoms with Crippen LogP contribution in [-0.4, -0.2) is 101 Å². The molecule has 6 aromatic rings. The summed E-state index contributed by atoms with van der Waals surface area (Å²) in [7, 11) is 0.287. The minimum absolute atomic E-state index is 0.0148. The van der Waals surface area contributed by atoms with E-state index < -0.39 is 23.8 Å². The summed E-state index contributed by atoms with van der Waals surface area (Å²) in [5.74, 6) is -0.277. The fraction of sp³-hybridized carbons (Fsp3) is 0.327. The maximum absolute atomic E-state index is 15.1. The highest BCUT2D eigenvalue weighted by Gasteiger charge is 2.47. The lowest BCUT2D eigenvalue weighted by atomic mass is 9.96. The maximum Gasteiger partial charge on any atom is 0.338 e. The lowest BCUT2D eigenvalue weighted by Crippen LogP contribution is -2.46. The van der Waals surface area contributed by atoms with Gasteiger partial charge in [0.15, 0.2) is 0 Å². The number of aromatic carboxylic acids is 1. The molecule has 0 aliphatic carbocycles. The van der Waals surface area contributed by atoms with E-state index in [1.807, 2.05) is 112 Å². The van der Waals surface area contributed by atoms with Crippen LogP contribution in [0.3, 0.4) is 0 Å². The van der Waals surface area contributed by atoms with Gasteiger partial charge in [-0.25, -0.2) is 4.79 Å². The van der Waals surface area contributed by atoms with E-state index in [9.17, 15) is 25.2 Å². The molecule has 8 rings (SSSR count). The van der Waals surface area contributed by atoms with Crippen LogP contribution in [0.5, 0.6) is 0 Å². The molecule has 0 radical (unpaired) electrons. The van der Waals surface area contributed by atoms with Gasteiger partial charge in [-0.2, -0.15) is 0 Å². The average Bonchev–Trinajstić information content (AvgIpc) is 3.83. The van der Waals surface area contributed by atoms with Gasteiger partial charge in [0.2, 0.25) is 7.29 Å². The van der Waals surface area contributed by atoms with Crippen LogP contribution in [0.4, 0.5) is 22.7 Å². The molecule has 68 heavy (non-hydrogen) atoms. The Kier molecular flexibility index (Phi) is 15.0. The number of rotatable bonds is 17. The summed E-state index contributed by atoms with van der Waals surface area (Å²) in [6.07, 6.45) is 1.19. The Labute approximate surface area is 407 Å². The van der Waals surface area contributed by atoms with Gasteiger partial charge in [-0.1, -0.05) is 66.2 Å². The summed E-state index contributed by atoms with van der Waals surface area (Å²) in [6.45, 7) is 9.90. The summed E-state index contributed by atoms with van der Waals surface area (Å²) in [5, 5.41) is 38.7. The largest absolute Gasteiger partial charge is 0.478 e. The minimum Gasteiger partial charge on any atom is -0.478 e.